The van der Waals surface area contributed by atoms with Gasteiger partial charge in [0.05, 0.1) is 24.5 Å². The predicted molar refractivity (Wildman–Crippen MR) is 69.6 cm³/mol. The van der Waals surface area contributed by atoms with E-state index >= 15 is 0 Å². The zero-order chi connectivity index (χ0) is 13.7. The Balaban J connectivity index is 2.15. The molecule has 1 aromatic carbocycles. The van der Waals surface area contributed by atoms with Crippen LogP contribution >= 0.6 is 0 Å². The van der Waals surface area contributed by atoms with E-state index in [2.05, 4.69) is 10.4 Å². The summed E-state index contributed by atoms with van der Waals surface area (Å²) in [7, 11) is 0. The van der Waals surface area contributed by atoms with Gasteiger partial charge in [0.25, 0.3) is 0 Å². The predicted octanol–water partition coefficient (Wildman–Crippen LogP) is 1.31. The summed E-state index contributed by atoms with van der Waals surface area (Å²) in [4.78, 5) is 10.4. The van der Waals surface area contributed by atoms with Crippen molar-refractivity contribution >= 4 is 6.09 Å². The van der Waals surface area contributed by atoms with Gasteiger partial charge in [-0.2, -0.15) is 5.10 Å². The molecule has 0 saturated heterocycles. The number of carbonyl (C=O) groups is 1. The van der Waals surface area contributed by atoms with Gasteiger partial charge in [-0.05, 0) is 6.07 Å². The van der Waals surface area contributed by atoms with Crippen LogP contribution in [0.2, 0.25) is 0 Å². The molecule has 0 aliphatic carbocycles. The Bertz CT molecular complexity index is 552. The highest BCUT2D eigenvalue weighted by molar-refractivity contribution is 5.64. The van der Waals surface area contributed by atoms with Crippen LogP contribution in [0.3, 0.4) is 0 Å². The third-order valence-corrected chi connectivity index (χ3v) is 2.69. The first kappa shape index (κ1) is 13.1. The summed E-state index contributed by atoms with van der Waals surface area (Å²) in [5.41, 5.74) is 2.38. The van der Waals surface area contributed by atoms with E-state index in [9.17, 15) is 9.90 Å². The van der Waals surface area contributed by atoms with E-state index in [4.69, 9.17) is 5.11 Å². The molecular formula is C13H15N3O3. The third-order valence-electron chi connectivity index (χ3n) is 2.69. The second kappa shape index (κ2) is 6.01. The average Bonchev–Trinajstić information content (AvgIpc) is 2.83. The number of nitrogens with one attached hydrogen (secondary N) is 1. The Kier molecular flexibility index (Phi) is 4.15. The van der Waals surface area contributed by atoms with Crippen LogP contribution in [0.15, 0.2) is 36.4 Å². The summed E-state index contributed by atoms with van der Waals surface area (Å²) >= 11 is 0. The van der Waals surface area contributed by atoms with Crippen LogP contribution in [0.5, 0.6) is 0 Å². The Morgan fingerprint density at radius 3 is 2.68 bits per heavy atom. The van der Waals surface area contributed by atoms with E-state index in [0.29, 0.717) is 12.2 Å². The largest absolute Gasteiger partial charge is 0.465 e. The SMILES string of the molecule is O=C(O)NCCn1nc(-c2ccccc2)cc1CO. The lowest BCUT2D eigenvalue weighted by atomic mass is 10.1. The molecule has 0 bridgehead atoms. The standard InChI is InChI=1S/C13H15N3O3/c17-9-11-8-12(10-4-2-1-3-5-10)15-16(11)7-6-14-13(18)19/h1-5,8,14,17H,6-7,9H2,(H,18,19). The van der Waals surface area contributed by atoms with Crippen LogP contribution in [-0.2, 0) is 13.2 Å². The molecule has 0 fully saturated rings. The Morgan fingerprint density at radius 1 is 1.32 bits per heavy atom. The molecule has 0 spiro atoms. The van der Waals surface area contributed by atoms with Gasteiger partial charge >= 0.3 is 6.09 Å². The Hall–Kier alpha value is -2.34. The van der Waals surface area contributed by atoms with Gasteiger partial charge < -0.3 is 15.5 Å². The number of carboxylic acid groups (broad SMARTS) is 1. The van der Waals surface area contributed by atoms with Gasteiger partial charge in [0.2, 0.25) is 0 Å². The number of benzene rings is 1. The number of nitrogens with zero attached hydrogens (tertiary/aromatic N) is 2. The van der Waals surface area contributed by atoms with Crippen molar-refractivity contribution in [2.75, 3.05) is 6.54 Å². The van der Waals surface area contributed by atoms with E-state index in [1.807, 2.05) is 30.3 Å². The first-order valence-electron chi connectivity index (χ1n) is 5.90. The quantitative estimate of drug-likeness (QED) is 0.757. The van der Waals surface area contributed by atoms with Crippen molar-refractivity contribution < 1.29 is 15.0 Å². The first-order chi connectivity index (χ1) is 9.20. The number of aliphatic hydroxyl groups is 1. The molecule has 1 heterocycles. The molecule has 3 N–H and O–H groups in total. The number of aliphatic hydroxyl groups excluding tert-OH is 1. The molecule has 2 rings (SSSR count). The molecular weight excluding hydrogens is 246 g/mol. The normalized spacial score (nSPS) is 10.4. The van der Waals surface area contributed by atoms with Crippen LogP contribution in [0.4, 0.5) is 4.79 Å². The van der Waals surface area contributed by atoms with Gasteiger partial charge in [0.1, 0.15) is 0 Å². The van der Waals surface area contributed by atoms with Crippen molar-refractivity contribution in [2.45, 2.75) is 13.2 Å². The summed E-state index contributed by atoms with van der Waals surface area (Å²) in [5.74, 6) is 0. The summed E-state index contributed by atoms with van der Waals surface area (Å²) in [5, 5.41) is 24.4. The molecule has 2 aromatic rings. The van der Waals surface area contributed by atoms with Gasteiger partial charge in [-0.3, -0.25) is 4.68 Å². The zero-order valence-corrected chi connectivity index (χ0v) is 10.3. The maximum Gasteiger partial charge on any atom is 0.404 e. The topological polar surface area (TPSA) is 87.4 Å². The van der Waals surface area contributed by atoms with E-state index in [-0.39, 0.29) is 13.2 Å². The van der Waals surface area contributed by atoms with Crippen molar-refractivity contribution in [3.63, 3.8) is 0 Å². The minimum Gasteiger partial charge on any atom is -0.465 e. The molecule has 19 heavy (non-hydrogen) atoms. The monoisotopic (exact) mass is 261 g/mol. The highest BCUT2D eigenvalue weighted by atomic mass is 16.4. The van der Waals surface area contributed by atoms with Crippen molar-refractivity contribution in [3.8, 4) is 11.3 Å². The number of aromatic nitrogens is 2. The lowest BCUT2D eigenvalue weighted by Gasteiger charge is -2.04. The van der Waals surface area contributed by atoms with Gasteiger partial charge in [-0.1, -0.05) is 30.3 Å². The van der Waals surface area contributed by atoms with Crippen molar-refractivity contribution in [3.05, 3.63) is 42.1 Å². The van der Waals surface area contributed by atoms with Crippen LogP contribution in [0, 0.1) is 0 Å². The molecule has 0 radical (unpaired) electrons. The lowest BCUT2D eigenvalue weighted by Crippen LogP contribution is -2.26. The van der Waals surface area contributed by atoms with E-state index in [1.54, 1.807) is 10.7 Å². The van der Waals surface area contributed by atoms with Gasteiger partial charge in [0, 0.05) is 12.1 Å². The number of hydrogen-bond acceptors (Lipinski definition) is 3. The van der Waals surface area contributed by atoms with E-state index in [1.165, 1.54) is 0 Å². The number of hydrogen-bond donors (Lipinski definition) is 3. The summed E-state index contributed by atoms with van der Waals surface area (Å²) < 4.78 is 1.61. The summed E-state index contributed by atoms with van der Waals surface area (Å²) in [6.07, 6.45) is -1.07. The van der Waals surface area contributed by atoms with Crippen LogP contribution in [-0.4, -0.2) is 32.6 Å². The third kappa shape index (κ3) is 3.32. The molecule has 0 aliphatic heterocycles. The van der Waals surface area contributed by atoms with Crippen molar-refractivity contribution in [2.24, 2.45) is 0 Å². The molecule has 1 amide bonds. The first-order valence-corrected chi connectivity index (χ1v) is 5.90. The average molecular weight is 261 g/mol. The van der Waals surface area contributed by atoms with Gasteiger partial charge in [0.15, 0.2) is 0 Å². The second-order valence-corrected chi connectivity index (χ2v) is 4.00. The van der Waals surface area contributed by atoms with Crippen molar-refractivity contribution in [1.82, 2.24) is 15.1 Å². The highest BCUT2D eigenvalue weighted by Gasteiger charge is 2.08. The fraction of sp³-hybridized carbons (Fsp3) is 0.231. The molecule has 6 nitrogen and oxygen atoms in total. The fourth-order valence-electron chi connectivity index (χ4n) is 1.80. The lowest BCUT2D eigenvalue weighted by molar-refractivity contribution is 0.193. The zero-order valence-electron chi connectivity index (χ0n) is 10.3. The molecule has 0 saturated carbocycles. The second-order valence-electron chi connectivity index (χ2n) is 4.00. The fourth-order valence-corrected chi connectivity index (χ4v) is 1.80. The molecule has 0 atom stereocenters. The summed E-state index contributed by atoms with van der Waals surface area (Å²) in [6, 6.07) is 11.4. The Morgan fingerprint density at radius 2 is 2.05 bits per heavy atom. The Labute approximate surface area is 110 Å². The molecule has 0 unspecified atom stereocenters. The maximum atomic E-state index is 10.4. The van der Waals surface area contributed by atoms with Gasteiger partial charge in [-0.15, -0.1) is 0 Å². The van der Waals surface area contributed by atoms with Gasteiger partial charge in [-0.25, -0.2) is 4.79 Å². The number of amides is 1. The molecule has 6 heteroatoms. The maximum absolute atomic E-state index is 10.4. The van der Waals surface area contributed by atoms with Crippen molar-refractivity contribution in [1.29, 1.82) is 0 Å². The molecule has 1 aromatic heterocycles. The van der Waals surface area contributed by atoms with Crippen LogP contribution < -0.4 is 5.32 Å². The highest BCUT2D eigenvalue weighted by Crippen LogP contribution is 2.18. The molecule has 100 valence electrons. The number of rotatable bonds is 5. The van der Waals surface area contributed by atoms with E-state index < -0.39 is 6.09 Å². The minimum atomic E-state index is -1.07. The summed E-state index contributed by atoms with van der Waals surface area (Å²) in [6.45, 7) is 0.500. The minimum absolute atomic E-state index is 0.132. The smallest absolute Gasteiger partial charge is 0.404 e. The van der Waals surface area contributed by atoms with Crippen LogP contribution in [0.25, 0.3) is 11.3 Å². The van der Waals surface area contributed by atoms with E-state index in [0.717, 1.165) is 11.3 Å². The van der Waals surface area contributed by atoms with Crippen LogP contribution in [0.1, 0.15) is 5.69 Å². The molecule has 0 aliphatic rings.